The molecule has 0 radical (unpaired) electrons. The third kappa shape index (κ3) is 3.59. The number of likely N-dealkylation sites (tertiary alicyclic amines) is 1. The van der Waals surface area contributed by atoms with E-state index in [1.165, 1.54) is 26.4 Å². The van der Waals surface area contributed by atoms with E-state index < -0.39 is 12.1 Å². The third-order valence-electron chi connectivity index (χ3n) is 4.23. The van der Waals surface area contributed by atoms with E-state index in [0.717, 1.165) is 13.1 Å². The Hall–Kier alpha value is -1.30. The number of carbonyl (C=O) groups is 2. The summed E-state index contributed by atoms with van der Waals surface area (Å²) in [6.07, 6.45) is 3.18. The van der Waals surface area contributed by atoms with Crippen LogP contribution in [-0.4, -0.2) is 54.9 Å². The molecule has 0 spiro atoms. The first kappa shape index (κ1) is 14.1. The van der Waals surface area contributed by atoms with Crippen molar-refractivity contribution in [1.82, 2.24) is 10.2 Å². The molecule has 0 aromatic heterocycles. The molecule has 6 heteroatoms. The smallest absolute Gasteiger partial charge is 0.317 e. The average molecular weight is 270 g/mol. The number of carbonyl (C=O) groups excluding carboxylic acids is 1. The zero-order valence-corrected chi connectivity index (χ0v) is 11.3. The van der Waals surface area contributed by atoms with Crippen molar-refractivity contribution in [1.29, 1.82) is 0 Å². The summed E-state index contributed by atoms with van der Waals surface area (Å²) in [6, 6.07) is -0.0955. The Morgan fingerprint density at radius 1 is 1.37 bits per heavy atom. The topological polar surface area (TPSA) is 78.9 Å². The first-order valence-corrected chi connectivity index (χ1v) is 6.87. The lowest BCUT2D eigenvalue weighted by Gasteiger charge is -2.20. The number of urea groups is 1. The van der Waals surface area contributed by atoms with Gasteiger partial charge in [-0.2, -0.15) is 0 Å². The zero-order valence-electron chi connectivity index (χ0n) is 11.3. The average Bonchev–Trinajstić information content (AvgIpc) is 2.93. The van der Waals surface area contributed by atoms with E-state index in [1.54, 1.807) is 0 Å². The van der Waals surface area contributed by atoms with Gasteiger partial charge in [0.25, 0.3) is 0 Å². The number of carboxylic acid groups (broad SMARTS) is 1. The molecule has 108 valence electrons. The molecule has 1 saturated heterocycles. The van der Waals surface area contributed by atoms with E-state index in [1.807, 2.05) is 4.90 Å². The van der Waals surface area contributed by atoms with E-state index in [0.29, 0.717) is 11.8 Å². The Balaban J connectivity index is 1.73. The molecule has 2 rings (SSSR count). The number of methoxy groups -OCH3 is 1. The second kappa shape index (κ2) is 6.23. The van der Waals surface area contributed by atoms with Crippen molar-refractivity contribution >= 4 is 12.0 Å². The van der Waals surface area contributed by atoms with Crippen molar-refractivity contribution in [2.45, 2.75) is 31.8 Å². The van der Waals surface area contributed by atoms with Crippen LogP contribution in [0.25, 0.3) is 0 Å². The maximum Gasteiger partial charge on any atom is 0.317 e. The number of fused-ring (bicyclic) bond motifs is 1. The molecule has 2 aliphatic rings. The largest absolute Gasteiger partial charge is 0.481 e. The van der Waals surface area contributed by atoms with E-state index in [2.05, 4.69) is 5.32 Å². The van der Waals surface area contributed by atoms with Crippen LogP contribution in [0.2, 0.25) is 0 Å². The molecule has 3 unspecified atom stereocenters. The summed E-state index contributed by atoms with van der Waals surface area (Å²) in [5.74, 6) is 0.419. The molecule has 2 fully saturated rings. The maximum absolute atomic E-state index is 12.0. The molecule has 1 aliphatic carbocycles. The van der Waals surface area contributed by atoms with Crippen LogP contribution in [0.1, 0.15) is 25.7 Å². The molecule has 6 nitrogen and oxygen atoms in total. The van der Waals surface area contributed by atoms with Gasteiger partial charge in [0.2, 0.25) is 0 Å². The number of carboxylic acids is 1. The lowest BCUT2D eigenvalue weighted by atomic mass is 10.0. The Kier molecular flexibility index (Phi) is 4.63. The predicted octanol–water partition coefficient (Wildman–Crippen LogP) is 0.918. The SMILES string of the molecule is COC(CNC(=O)N1CC2CCCC2C1)CC(=O)O. The minimum Gasteiger partial charge on any atom is -0.481 e. The van der Waals surface area contributed by atoms with Gasteiger partial charge in [0.1, 0.15) is 0 Å². The highest BCUT2D eigenvalue weighted by molar-refractivity contribution is 5.74. The number of ether oxygens (including phenoxy) is 1. The molecule has 0 aromatic carbocycles. The van der Waals surface area contributed by atoms with Crippen LogP contribution in [0, 0.1) is 11.8 Å². The van der Waals surface area contributed by atoms with Crippen molar-refractivity contribution in [2.24, 2.45) is 11.8 Å². The molecule has 1 saturated carbocycles. The van der Waals surface area contributed by atoms with Crippen LogP contribution in [0.4, 0.5) is 4.79 Å². The second-order valence-corrected chi connectivity index (χ2v) is 5.50. The summed E-state index contributed by atoms with van der Waals surface area (Å²) < 4.78 is 5.03. The molecule has 1 heterocycles. The van der Waals surface area contributed by atoms with Gasteiger partial charge in [-0.25, -0.2) is 4.79 Å². The molecule has 0 aromatic rings. The number of hydrogen-bond donors (Lipinski definition) is 2. The summed E-state index contributed by atoms with van der Waals surface area (Å²) in [4.78, 5) is 24.4. The quantitative estimate of drug-likeness (QED) is 0.778. The van der Waals surface area contributed by atoms with Gasteiger partial charge in [-0.3, -0.25) is 4.79 Å². The number of aliphatic carboxylic acids is 1. The van der Waals surface area contributed by atoms with E-state index in [4.69, 9.17) is 9.84 Å². The van der Waals surface area contributed by atoms with Gasteiger partial charge in [0.05, 0.1) is 12.5 Å². The fourth-order valence-electron chi connectivity index (χ4n) is 3.15. The van der Waals surface area contributed by atoms with E-state index in [9.17, 15) is 9.59 Å². The van der Waals surface area contributed by atoms with Gasteiger partial charge in [-0.15, -0.1) is 0 Å². The van der Waals surface area contributed by atoms with Gasteiger partial charge >= 0.3 is 12.0 Å². The molecule has 2 amide bonds. The summed E-state index contributed by atoms with van der Waals surface area (Å²) in [7, 11) is 1.46. The fraction of sp³-hybridized carbons (Fsp3) is 0.846. The van der Waals surface area contributed by atoms with Crippen molar-refractivity contribution in [3.8, 4) is 0 Å². The van der Waals surface area contributed by atoms with Gasteiger partial charge in [0, 0.05) is 26.7 Å². The molecule has 1 aliphatic heterocycles. The molecule has 19 heavy (non-hydrogen) atoms. The van der Waals surface area contributed by atoms with Crippen molar-refractivity contribution in [3.63, 3.8) is 0 Å². The number of nitrogens with one attached hydrogen (secondary N) is 1. The van der Waals surface area contributed by atoms with Crippen LogP contribution in [-0.2, 0) is 9.53 Å². The Morgan fingerprint density at radius 2 is 2.00 bits per heavy atom. The van der Waals surface area contributed by atoms with Gasteiger partial charge in [-0.1, -0.05) is 6.42 Å². The van der Waals surface area contributed by atoms with Gasteiger partial charge in [0.15, 0.2) is 0 Å². The first-order chi connectivity index (χ1) is 9.10. The predicted molar refractivity (Wildman–Crippen MR) is 68.9 cm³/mol. The van der Waals surface area contributed by atoms with E-state index in [-0.39, 0.29) is 19.0 Å². The number of hydrogen-bond acceptors (Lipinski definition) is 3. The number of amides is 2. The molecular formula is C13H22N2O4. The van der Waals surface area contributed by atoms with Crippen molar-refractivity contribution in [2.75, 3.05) is 26.7 Å². The highest BCUT2D eigenvalue weighted by atomic mass is 16.5. The summed E-state index contributed by atoms with van der Waals surface area (Å²) in [5, 5.41) is 11.5. The minimum absolute atomic E-state index is 0.0952. The zero-order chi connectivity index (χ0) is 13.8. The van der Waals surface area contributed by atoms with Crippen LogP contribution in [0.15, 0.2) is 0 Å². The second-order valence-electron chi connectivity index (χ2n) is 5.50. The Bertz CT molecular complexity index is 336. The van der Waals surface area contributed by atoms with E-state index >= 15 is 0 Å². The molecule has 0 bridgehead atoms. The first-order valence-electron chi connectivity index (χ1n) is 6.87. The monoisotopic (exact) mass is 270 g/mol. The highest BCUT2D eigenvalue weighted by Gasteiger charge is 2.37. The summed E-state index contributed by atoms with van der Waals surface area (Å²) in [5.41, 5.74) is 0. The number of rotatable bonds is 5. The van der Waals surface area contributed by atoms with Gasteiger partial charge in [-0.05, 0) is 24.7 Å². The summed E-state index contributed by atoms with van der Waals surface area (Å²) >= 11 is 0. The Labute approximate surface area is 113 Å². The number of nitrogens with zero attached hydrogens (tertiary/aromatic N) is 1. The highest BCUT2D eigenvalue weighted by Crippen LogP contribution is 2.37. The van der Waals surface area contributed by atoms with Crippen molar-refractivity contribution in [3.05, 3.63) is 0 Å². The van der Waals surface area contributed by atoms with Crippen LogP contribution >= 0.6 is 0 Å². The minimum atomic E-state index is -0.920. The Morgan fingerprint density at radius 3 is 2.53 bits per heavy atom. The van der Waals surface area contributed by atoms with Crippen LogP contribution in [0.3, 0.4) is 0 Å². The van der Waals surface area contributed by atoms with Crippen molar-refractivity contribution < 1.29 is 19.4 Å². The molecular weight excluding hydrogens is 248 g/mol. The van der Waals surface area contributed by atoms with Crippen LogP contribution in [0.5, 0.6) is 0 Å². The van der Waals surface area contributed by atoms with Gasteiger partial charge < -0.3 is 20.1 Å². The normalized spacial score (nSPS) is 27.1. The third-order valence-corrected chi connectivity index (χ3v) is 4.23. The van der Waals surface area contributed by atoms with Crippen LogP contribution < -0.4 is 5.32 Å². The maximum atomic E-state index is 12.0. The lowest BCUT2D eigenvalue weighted by Crippen LogP contribution is -2.43. The standard InChI is InChI=1S/C13H22N2O4/c1-19-11(5-12(16)17)6-14-13(18)15-7-9-3-2-4-10(9)8-15/h9-11H,2-8H2,1H3,(H,14,18)(H,16,17). The summed E-state index contributed by atoms with van der Waals surface area (Å²) in [6.45, 7) is 1.92. The molecule has 2 N–H and O–H groups in total. The molecule has 3 atom stereocenters. The lowest BCUT2D eigenvalue weighted by molar-refractivity contribution is -0.139. The fourth-order valence-corrected chi connectivity index (χ4v) is 3.15.